The Morgan fingerprint density at radius 2 is 2.16 bits per heavy atom. The Balaban J connectivity index is 1.53. The summed E-state index contributed by atoms with van der Waals surface area (Å²) in [4.78, 5) is 30.3. The summed E-state index contributed by atoms with van der Waals surface area (Å²) in [5, 5.41) is 24.8. The van der Waals surface area contributed by atoms with E-state index in [9.17, 15) is 9.59 Å². The van der Waals surface area contributed by atoms with Gasteiger partial charge in [-0.3, -0.25) is 10.1 Å². The number of anilines is 1. The van der Waals surface area contributed by atoms with Crippen LogP contribution in [0.3, 0.4) is 0 Å². The van der Waals surface area contributed by atoms with Gasteiger partial charge in [-0.15, -0.1) is 11.3 Å². The number of aromatic nitrogens is 3. The van der Waals surface area contributed by atoms with Gasteiger partial charge in [0.05, 0.1) is 23.4 Å². The maximum absolute atomic E-state index is 11.9. The minimum absolute atomic E-state index is 0.102. The Morgan fingerprint density at radius 1 is 1.29 bits per heavy atom. The molecule has 2 fully saturated rings. The van der Waals surface area contributed by atoms with E-state index in [0.29, 0.717) is 30.3 Å². The van der Waals surface area contributed by atoms with Crippen LogP contribution in [0.2, 0.25) is 0 Å². The molecule has 10 nitrogen and oxygen atoms in total. The molecule has 3 aromatic heterocycles. The van der Waals surface area contributed by atoms with Gasteiger partial charge in [0.2, 0.25) is 0 Å². The van der Waals surface area contributed by atoms with Crippen molar-refractivity contribution in [1.29, 1.82) is 0 Å². The van der Waals surface area contributed by atoms with Gasteiger partial charge in [-0.25, -0.2) is 9.78 Å². The van der Waals surface area contributed by atoms with Gasteiger partial charge < -0.3 is 21.1 Å². The summed E-state index contributed by atoms with van der Waals surface area (Å²) in [6.07, 6.45) is 5.44. The molecule has 1 aliphatic heterocycles. The van der Waals surface area contributed by atoms with Crippen LogP contribution in [-0.4, -0.2) is 50.8 Å². The number of thiophene rings is 1. The third-order valence-electron chi connectivity index (χ3n) is 4.95. The molecule has 1 aliphatic carbocycles. The van der Waals surface area contributed by atoms with E-state index in [2.05, 4.69) is 26.4 Å². The number of nitrogens with zero attached hydrogens (tertiary/aromatic N) is 3. The third kappa shape index (κ3) is 4.15. The Bertz CT molecular complexity index is 1190. The maximum Gasteiger partial charge on any atom is 0.326 e. The number of urea groups is 1. The highest BCUT2D eigenvalue weighted by atomic mass is 32.1. The predicted octanol–water partition coefficient (Wildman–Crippen LogP) is 1.29. The molecule has 160 valence electrons. The number of aliphatic hydroxyl groups excluding tert-OH is 1. The van der Waals surface area contributed by atoms with Gasteiger partial charge in [0, 0.05) is 35.6 Å². The zero-order chi connectivity index (χ0) is 21.4. The molecule has 11 heteroatoms. The van der Waals surface area contributed by atoms with Crippen LogP contribution in [0.1, 0.15) is 23.3 Å². The molecule has 5 rings (SSSR count). The van der Waals surface area contributed by atoms with E-state index in [4.69, 9.17) is 10.1 Å². The van der Waals surface area contributed by atoms with Gasteiger partial charge in [-0.1, -0.05) is 0 Å². The second kappa shape index (κ2) is 8.10. The molecule has 3 amide bonds. The lowest BCUT2D eigenvalue weighted by atomic mass is 10.2. The normalized spacial score (nSPS) is 17.4. The molecule has 0 unspecified atom stereocenters. The monoisotopic (exact) mass is 439 g/mol. The van der Waals surface area contributed by atoms with E-state index in [1.165, 1.54) is 0 Å². The number of aliphatic hydroxyl groups is 1. The number of amides is 3. The number of carbonyl (C=O) groups excluding carboxylic acids is 2. The molecule has 1 saturated heterocycles. The van der Waals surface area contributed by atoms with E-state index in [-0.39, 0.29) is 12.3 Å². The maximum atomic E-state index is 11.9. The quantitative estimate of drug-likeness (QED) is 0.203. The number of hydrogen-bond donors (Lipinski definition) is 5. The molecule has 2 aliphatic rings. The second-order valence-corrected chi connectivity index (χ2v) is 8.58. The Kier molecular flexibility index (Phi) is 5.14. The van der Waals surface area contributed by atoms with Crippen LogP contribution in [0.15, 0.2) is 30.1 Å². The zero-order valence-corrected chi connectivity index (χ0v) is 17.3. The topological polar surface area (TPSA) is 133 Å². The molecule has 0 aromatic carbocycles. The fourth-order valence-electron chi connectivity index (χ4n) is 3.29. The van der Waals surface area contributed by atoms with Gasteiger partial charge in [0.1, 0.15) is 11.5 Å². The highest BCUT2D eigenvalue weighted by Crippen LogP contribution is 2.32. The number of rotatable bonds is 8. The first-order valence-electron chi connectivity index (χ1n) is 10.0. The smallest absolute Gasteiger partial charge is 0.326 e. The summed E-state index contributed by atoms with van der Waals surface area (Å²) >= 11 is 1.63. The molecule has 4 heterocycles. The molecule has 0 radical (unpaired) electrons. The van der Waals surface area contributed by atoms with E-state index >= 15 is 0 Å². The van der Waals surface area contributed by atoms with Crippen molar-refractivity contribution >= 4 is 40.8 Å². The summed E-state index contributed by atoms with van der Waals surface area (Å²) in [5.41, 5.74) is 2.19. The average Bonchev–Trinajstić information content (AvgIpc) is 3.14. The van der Waals surface area contributed by atoms with E-state index in [1.807, 2.05) is 18.2 Å². The number of fused-ring (bicyclic) bond motifs is 1. The summed E-state index contributed by atoms with van der Waals surface area (Å²) < 4.78 is 1.72. The third-order valence-corrected chi connectivity index (χ3v) is 6.06. The molecular formula is C20H21N7O3S. The molecule has 5 N–H and O–H groups in total. The average molecular weight is 440 g/mol. The number of carbonyl (C=O) groups is 2. The van der Waals surface area contributed by atoms with E-state index in [1.54, 1.807) is 28.1 Å². The predicted molar refractivity (Wildman–Crippen MR) is 116 cm³/mol. The Hall–Kier alpha value is -3.28. The van der Waals surface area contributed by atoms with Crippen LogP contribution >= 0.6 is 11.3 Å². The lowest BCUT2D eigenvalue weighted by Gasteiger charge is -2.09. The van der Waals surface area contributed by atoms with Crippen molar-refractivity contribution in [3.05, 3.63) is 40.5 Å². The van der Waals surface area contributed by atoms with Crippen LogP contribution in [-0.2, 0) is 11.3 Å². The van der Waals surface area contributed by atoms with Gasteiger partial charge in [-0.05, 0) is 31.1 Å². The highest BCUT2D eigenvalue weighted by Gasteiger charge is 2.25. The molecule has 0 bridgehead atoms. The lowest BCUT2D eigenvalue weighted by Crippen LogP contribution is -2.22. The van der Waals surface area contributed by atoms with Gasteiger partial charge in [0.25, 0.3) is 5.91 Å². The fourth-order valence-corrected chi connectivity index (χ4v) is 4.22. The van der Waals surface area contributed by atoms with Crippen LogP contribution in [0.25, 0.3) is 22.3 Å². The number of imide groups is 1. The second-order valence-electron chi connectivity index (χ2n) is 7.41. The minimum atomic E-state index is -0.543. The molecule has 1 saturated carbocycles. The Morgan fingerprint density at radius 3 is 2.90 bits per heavy atom. The van der Waals surface area contributed by atoms with Crippen molar-refractivity contribution in [2.75, 3.05) is 18.5 Å². The summed E-state index contributed by atoms with van der Waals surface area (Å²) in [6.45, 7) is 1.33. The number of hydrogen-bond acceptors (Lipinski definition) is 8. The van der Waals surface area contributed by atoms with Crippen LogP contribution in [0, 0.1) is 0 Å². The van der Waals surface area contributed by atoms with E-state index < -0.39 is 11.9 Å². The SMILES string of the molecule is O=C1NC(=O)/C(=C/c2cnn3c(NC4CC4)cc(-c4ccc(CNCCO)s4)nc23)N1. The first-order chi connectivity index (χ1) is 15.1. The summed E-state index contributed by atoms with van der Waals surface area (Å²) in [6, 6.07) is 5.93. The minimum Gasteiger partial charge on any atom is -0.395 e. The first-order valence-corrected chi connectivity index (χ1v) is 10.8. The first kappa shape index (κ1) is 19.7. The zero-order valence-electron chi connectivity index (χ0n) is 16.5. The fraction of sp³-hybridized carbons (Fsp3) is 0.300. The lowest BCUT2D eigenvalue weighted by molar-refractivity contribution is -0.115. The van der Waals surface area contributed by atoms with Crippen molar-refractivity contribution in [3.8, 4) is 10.6 Å². The van der Waals surface area contributed by atoms with Crippen molar-refractivity contribution < 1.29 is 14.7 Å². The number of nitrogens with one attached hydrogen (secondary N) is 4. The van der Waals surface area contributed by atoms with Crippen molar-refractivity contribution in [2.24, 2.45) is 0 Å². The molecule has 3 aromatic rings. The summed E-state index contributed by atoms with van der Waals surface area (Å²) in [5.74, 6) is 0.357. The van der Waals surface area contributed by atoms with Gasteiger partial charge in [0.15, 0.2) is 5.65 Å². The van der Waals surface area contributed by atoms with Gasteiger partial charge in [-0.2, -0.15) is 9.61 Å². The summed E-state index contributed by atoms with van der Waals surface area (Å²) in [7, 11) is 0. The largest absolute Gasteiger partial charge is 0.395 e. The molecule has 0 spiro atoms. The highest BCUT2D eigenvalue weighted by molar-refractivity contribution is 7.15. The van der Waals surface area contributed by atoms with Crippen molar-refractivity contribution in [2.45, 2.75) is 25.4 Å². The standard InChI is InChI=1S/C20H21N7O3S/c28-6-5-21-10-13-3-4-16(31-13)14-8-17(23-12-1-2-12)27-18(24-14)11(9-22-27)7-15-19(29)26-20(30)25-15/h3-4,7-9,12,21,23,28H,1-2,5-6,10H2,(H2,25,26,29,30)/b15-7-. The molecule has 0 atom stereocenters. The van der Waals surface area contributed by atoms with Crippen molar-refractivity contribution in [3.63, 3.8) is 0 Å². The van der Waals surface area contributed by atoms with Crippen LogP contribution < -0.4 is 21.3 Å². The van der Waals surface area contributed by atoms with E-state index in [0.717, 1.165) is 34.1 Å². The van der Waals surface area contributed by atoms with Crippen LogP contribution in [0.4, 0.5) is 10.6 Å². The van der Waals surface area contributed by atoms with Crippen LogP contribution in [0.5, 0.6) is 0 Å². The van der Waals surface area contributed by atoms with Crippen molar-refractivity contribution in [1.82, 2.24) is 30.5 Å². The Labute approximate surface area is 181 Å². The molecular weight excluding hydrogens is 418 g/mol. The van der Waals surface area contributed by atoms with Gasteiger partial charge >= 0.3 is 6.03 Å². The molecule has 31 heavy (non-hydrogen) atoms.